The Morgan fingerprint density at radius 3 is 2.05 bits per heavy atom. The second-order valence-electron chi connectivity index (χ2n) is 4.84. The summed E-state index contributed by atoms with van der Waals surface area (Å²) in [6, 6.07) is 22.4. The maximum Gasteiger partial charge on any atom is 0.113 e. The molecule has 100 valence electrons. The van der Waals surface area contributed by atoms with Crippen LogP contribution in [0.4, 0.5) is 0 Å². The molecule has 0 aliphatic rings. The van der Waals surface area contributed by atoms with E-state index in [2.05, 4.69) is 31.2 Å². The summed E-state index contributed by atoms with van der Waals surface area (Å²) in [5, 5.41) is 10.4. The average Bonchev–Trinajstić information content (AvgIpc) is 2.94. The van der Waals surface area contributed by atoms with E-state index in [9.17, 15) is 5.11 Å². The predicted molar refractivity (Wildman–Crippen MR) is 85.0 cm³/mol. The first-order chi connectivity index (χ1) is 9.74. The van der Waals surface area contributed by atoms with Gasteiger partial charge in [-0.1, -0.05) is 54.6 Å². The van der Waals surface area contributed by atoms with Gasteiger partial charge in [0, 0.05) is 9.75 Å². The molecule has 20 heavy (non-hydrogen) atoms. The van der Waals surface area contributed by atoms with E-state index < -0.39 is 6.10 Å². The molecule has 1 nitrogen and oxygen atoms in total. The number of benzene rings is 2. The van der Waals surface area contributed by atoms with Gasteiger partial charge in [-0.3, -0.25) is 0 Å². The van der Waals surface area contributed by atoms with E-state index in [1.54, 1.807) is 11.3 Å². The number of thiophene rings is 1. The standard InChI is InChI=1S/C18H16OS/c1-13-7-12-17(20-13)18(19)16-10-8-15(9-11-16)14-5-3-2-4-6-14/h2-12,18-19H,1H3. The summed E-state index contributed by atoms with van der Waals surface area (Å²) in [7, 11) is 0. The third-order valence-corrected chi connectivity index (χ3v) is 4.42. The van der Waals surface area contributed by atoms with Crippen LogP contribution >= 0.6 is 11.3 Å². The molecule has 0 radical (unpaired) electrons. The molecule has 0 amide bonds. The lowest BCUT2D eigenvalue weighted by Crippen LogP contribution is -1.96. The van der Waals surface area contributed by atoms with Gasteiger partial charge in [-0.05, 0) is 35.7 Å². The van der Waals surface area contributed by atoms with E-state index in [-0.39, 0.29) is 0 Å². The minimum Gasteiger partial charge on any atom is -0.383 e. The summed E-state index contributed by atoms with van der Waals surface area (Å²) in [6.45, 7) is 2.05. The van der Waals surface area contributed by atoms with Crippen molar-refractivity contribution in [3.63, 3.8) is 0 Å². The van der Waals surface area contributed by atoms with Crippen LogP contribution in [0.15, 0.2) is 66.7 Å². The van der Waals surface area contributed by atoms with Crippen LogP contribution in [0, 0.1) is 6.92 Å². The normalized spacial score (nSPS) is 12.3. The molecule has 0 aliphatic heterocycles. The molecule has 0 fully saturated rings. The van der Waals surface area contributed by atoms with Crippen molar-refractivity contribution in [2.75, 3.05) is 0 Å². The highest BCUT2D eigenvalue weighted by atomic mass is 32.1. The molecule has 0 saturated carbocycles. The van der Waals surface area contributed by atoms with Crippen molar-refractivity contribution in [1.29, 1.82) is 0 Å². The van der Waals surface area contributed by atoms with E-state index in [4.69, 9.17) is 0 Å². The number of aryl methyl sites for hydroxylation is 1. The van der Waals surface area contributed by atoms with Crippen molar-refractivity contribution in [1.82, 2.24) is 0 Å². The Bertz CT molecular complexity index is 683. The molecule has 2 aromatic carbocycles. The van der Waals surface area contributed by atoms with Crippen molar-refractivity contribution in [2.45, 2.75) is 13.0 Å². The molecular formula is C18H16OS. The van der Waals surface area contributed by atoms with E-state index >= 15 is 0 Å². The summed E-state index contributed by atoms with van der Waals surface area (Å²) in [4.78, 5) is 2.22. The Morgan fingerprint density at radius 1 is 0.800 bits per heavy atom. The number of rotatable bonds is 3. The van der Waals surface area contributed by atoms with Gasteiger partial charge in [0.05, 0.1) is 0 Å². The van der Waals surface area contributed by atoms with Crippen LogP contribution < -0.4 is 0 Å². The number of aliphatic hydroxyl groups is 1. The lowest BCUT2D eigenvalue weighted by atomic mass is 10.0. The molecular weight excluding hydrogens is 264 g/mol. The Balaban J connectivity index is 1.86. The van der Waals surface area contributed by atoms with Crippen LogP contribution in [0.5, 0.6) is 0 Å². The van der Waals surface area contributed by atoms with Crippen molar-refractivity contribution in [3.8, 4) is 11.1 Å². The second-order valence-corrected chi connectivity index (χ2v) is 6.16. The van der Waals surface area contributed by atoms with E-state index in [0.717, 1.165) is 10.4 Å². The number of hydrogen-bond donors (Lipinski definition) is 1. The summed E-state index contributed by atoms with van der Waals surface area (Å²) in [5.74, 6) is 0. The molecule has 1 unspecified atom stereocenters. The first-order valence-corrected chi connectivity index (χ1v) is 7.45. The average molecular weight is 280 g/mol. The lowest BCUT2D eigenvalue weighted by Gasteiger charge is -2.10. The topological polar surface area (TPSA) is 20.2 Å². The largest absolute Gasteiger partial charge is 0.383 e. The highest BCUT2D eigenvalue weighted by Gasteiger charge is 2.12. The number of hydrogen-bond acceptors (Lipinski definition) is 2. The van der Waals surface area contributed by atoms with Gasteiger partial charge in [0.2, 0.25) is 0 Å². The molecule has 3 rings (SSSR count). The smallest absolute Gasteiger partial charge is 0.113 e. The predicted octanol–water partition coefficient (Wildman–Crippen LogP) is 4.81. The fraction of sp³-hybridized carbons (Fsp3) is 0.111. The fourth-order valence-corrected chi connectivity index (χ4v) is 3.14. The van der Waals surface area contributed by atoms with Gasteiger partial charge in [-0.2, -0.15) is 0 Å². The van der Waals surface area contributed by atoms with Gasteiger partial charge >= 0.3 is 0 Å². The maximum absolute atomic E-state index is 10.4. The zero-order valence-corrected chi connectivity index (χ0v) is 12.1. The van der Waals surface area contributed by atoms with Crippen LogP contribution in [0.1, 0.15) is 21.4 Å². The zero-order valence-electron chi connectivity index (χ0n) is 11.3. The van der Waals surface area contributed by atoms with Crippen LogP contribution in [-0.4, -0.2) is 5.11 Å². The molecule has 0 bridgehead atoms. The van der Waals surface area contributed by atoms with E-state index in [1.807, 2.05) is 42.5 Å². The fourth-order valence-electron chi connectivity index (χ4n) is 2.25. The lowest BCUT2D eigenvalue weighted by molar-refractivity contribution is 0.224. The van der Waals surface area contributed by atoms with Crippen LogP contribution in [0.25, 0.3) is 11.1 Å². The monoisotopic (exact) mass is 280 g/mol. The summed E-state index contributed by atoms with van der Waals surface area (Å²) < 4.78 is 0. The van der Waals surface area contributed by atoms with Crippen molar-refractivity contribution in [2.24, 2.45) is 0 Å². The Hall–Kier alpha value is -1.90. The minimum atomic E-state index is -0.529. The molecule has 1 N–H and O–H groups in total. The maximum atomic E-state index is 10.4. The molecule has 1 heterocycles. The van der Waals surface area contributed by atoms with E-state index in [0.29, 0.717) is 0 Å². The summed E-state index contributed by atoms with van der Waals surface area (Å²) >= 11 is 1.64. The second kappa shape index (κ2) is 5.61. The minimum absolute atomic E-state index is 0.529. The van der Waals surface area contributed by atoms with Gasteiger partial charge in [0.1, 0.15) is 6.10 Å². The summed E-state index contributed by atoms with van der Waals surface area (Å²) in [5.41, 5.74) is 3.30. The summed E-state index contributed by atoms with van der Waals surface area (Å²) in [6.07, 6.45) is -0.529. The van der Waals surface area contributed by atoms with Crippen molar-refractivity contribution >= 4 is 11.3 Å². The third kappa shape index (κ3) is 2.67. The highest BCUT2D eigenvalue weighted by Crippen LogP contribution is 2.29. The van der Waals surface area contributed by atoms with Gasteiger partial charge < -0.3 is 5.11 Å². The third-order valence-electron chi connectivity index (χ3n) is 3.36. The quantitative estimate of drug-likeness (QED) is 0.730. The Kier molecular flexibility index (Phi) is 3.68. The van der Waals surface area contributed by atoms with Gasteiger partial charge in [-0.15, -0.1) is 11.3 Å². The van der Waals surface area contributed by atoms with E-state index in [1.165, 1.54) is 16.0 Å². The Labute approximate surface area is 123 Å². The molecule has 0 spiro atoms. The molecule has 1 atom stereocenters. The van der Waals surface area contributed by atoms with Crippen LogP contribution in [0.2, 0.25) is 0 Å². The first-order valence-electron chi connectivity index (χ1n) is 6.64. The SMILES string of the molecule is Cc1ccc(C(O)c2ccc(-c3ccccc3)cc2)s1. The van der Waals surface area contributed by atoms with Crippen LogP contribution in [0.3, 0.4) is 0 Å². The van der Waals surface area contributed by atoms with Crippen molar-refractivity contribution in [3.05, 3.63) is 82.0 Å². The molecule has 3 aromatic rings. The first kappa shape index (κ1) is 13.1. The molecule has 0 saturated heterocycles. The Morgan fingerprint density at radius 2 is 1.45 bits per heavy atom. The zero-order chi connectivity index (χ0) is 13.9. The highest BCUT2D eigenvalue weighted by molar-refractivity contribution is 7.12. The van der Waals surface area contributed by atoms with Gasteiger partial charge in [-0.25, -0.2) is 0 Å². The molecule has 2 heteroatoms. The number of aliphatic hydroxyl groups excluding tert-OH is 1. The molecule has 0 aliphatic carbocycles. The van der Waals surface area contributed by atoms with Gasteiger partial charge in [0.15, 0.2) is 0 Å². The van der Waals surface area contributed by atoms with Crippen LogP contribution in [-0.2, 0) is 0 Å². The van der Waals surface area contributed by atoms with Gasteiger partial charge in [0.25, 0.3) is 0 Å². The molecule has 1 aromatic heterocycles. The van der Waals surface area contributed by atoms with Crippen molar-refractivity contribution < 1.29 is 5.11 Å².